The smallest absolute Gasteiger partial charge is 0.252 e. The molecule has 2 aromatic rings. The molecule has 0 saturated carbocycles. The van der Waals surface area contributed by atoms with Gasteiger partial charge in [0.1, 0.15) is 0 Å². The average molecular weight is 518 g/mol. The number of amides is 1. The van der Waals surface area contributed by atoms with Crippen LogP contribution >= 0.6 is 11.8 Å². The van der Waals surface area contributed by atoms with Crippen LogP contribution in [-0.4, -0.2) is 69.6 Å². The maximum absolute atomic E-state index is 12.9. The van der Waals surface area contributed by atoms with E-state index in [2.05, 4.69) is 23.7 Å². The first kappa shape index (κ1) is 25.4. The van der Waals surface area contributed by atoms with E-state index in [0.717, 1.165) is 30.0 Å². The fourth-order valence-electron chi connectivity index (χ4n) is 4.59. The Hall–Kier alpha value is -2.72. The first-order valence-electron chi connectivity index (χ1n) is 11.6. The molecule has 35 heavy (non-hydrogen) atoms. The maximum atomic E-state index is 12.9. The Morgan fingerprint density at radius 2 is 1.74 bits per heavy atom. The van der Waals surface area contributed by atoms with Crippen LogP contribution in [0.5, 0.6) is 11.5 Å². The van der Waals surface area contributed by atoms with Gasteiger partial charge in [0.05, 0.1) is 38.2 Å². The number of thioether (sulfide) groups is 1. The molecule has 0 aliphatic carbocycles. The van der Waals surface area contributed by atoms with Crippen molar-refractivity contribution >= 4 is 44.0 Å². The molecule has 2 atom stereocenters. The number of ether oxygens (including phenoxy) is 2. The van der Waals surface area contributed by atoms with Gasteiger partial charge in [0.2, 0.25) is 0 Å². The van der Waals surface area contributed by atoms with Crippen LogP contribution in [0, 0.1) is 0 Å². The first-order valence-corrected chi connectivity index (χ1v) is 14.3. The number of methoxy groups -OCH3 is 2. The molecule has 1 amide bonds. The largest absolute Gasteiger partial charge is 0.493 e. The number of carbonyl (C=O) groups is 1. The third kappa shape index (κ3) is 5.43. The summed E-state index contributed by atoms with van der Waals surface area (Å²) in [6.45, 7) is 6.01. The van der Waals surface area contributed by atoms with Gasteiger partial charge >= 0.3 is 0 Å². The van der Waals surface area contributed by atoms with Crippen molar-refractivity contribution in [2.75, 3.05) is 48.6 Å². The Labute approximate surface area is 211 Å². The molecular formula is C25H31N3O5S2. The number of nitrogens with zero attached hydrogens (tertiary/aromatic N) is 3. The van der Waals surface area contributed by atoms with Crippen molar-refractivity contribution in [2.24, 2.45) is 4.99 Å². The molecule has 0 radical (unpaired) electrons. The third-order valence-corrected chi connectivity index (χ3v) is 9.56. The summed E-state index contributed by atoms with van der Waals surface area (Å²) >= 11 is 1.38. The van der Waals surface area contributed by atoms with E-state index in [-0.39, 0.29) is 35.1 Å². The first-order chi connectivity index (χ1) is 16.8. The molecule has 0 aromatic heterocycles. The van der Waals surface area contributed by atoms with Crippen molar-refractivity contribution in [2.45, 2.75) is 31.6 Å². The van der Waals surface area contributed by atoms with Crippen molar-refractivity contribution in [1.82, 2.24) is 0 Å². The highest BCUT2D eigenvalue weighted by molar-refractivity contribution is 8.16. The molecule has 2 aliphatic heterocycles. The van der Waals surface area contributed by atoms with Crippen LogP contribution in [0.1, 0.15) is 19.4 Å². The van der Waals surface area contributed by atoms with E-state index < -0.39 is 9.84 Å². The predicted molar refractivity (Wildman–Crippen MR) is 142 cm³/mol. The van der Waals surface area contributed by atoms with E-state index in [1.54, 1.807) is 26.4 Å². The molecule has 2 fully saturated rings. The van der Waals surface area contributed by atoms with Crippen LogP contribution in [0.15, 0.2) is 47.5 Å². The molecule has 0 unspecified atom stereocenters. The third-order valence-electron chi connectivity index (χ3n) is 6.35. The summed E-state index contributed by atoms with van der Waals surface area (Å²) in [6, 6.07) is 13.1. The average Bonchev–Trinajstić information content (AvgIpc) is 3.30. The molecule has 2 aliphatic rings. The van der Waals surface area contributed by atoms with E-state index in [4.69, 9.17) is 9.47 Å². The summed E-state index contributed by atoms with van der Waals surface area (Å²) < 4.78 is 35.3. The molecule has 2 aromatic carbocycles. The van der Waals surface area contributed by atoms with Gasteiger partial charge in [-0.05, 0) is 55.8 Å². The highest BCUT2D eigenvalue weighted by Crippen LogP contribution is 2.41. The van der Waals surface area contributed by atoms with Crippen molar-refractivity contribution in [3.8, 4) is 11.5 Å². The highest BCUT2D eigenvalue weighted by atomic mass is 32.2. The normalized spacial score (nSPS) is 21.7. The molecule has 8 nitrogen and oxygen atoms in total. The van der Waals surface area contributed by atoms with Gasteiger partial charge in [-0.15, -0.1) is 0 Å². The topological polar surface area (TPSA) is 88.5 Å². The zero-order valence-electron chi connectivity index (χ0n) is 20.4. The number of amidine groups is 1. The Morgan fingerprint density at radius 3 is 2.37 bits per heavy atom. The second-order valence-electron chi connectivity index (χ2n) is 8.51. The zero-order valence-corrected chi connectivity index (χ0v) is 22.1. The van der Waals surface area contributed by atoms with Crippen molar-refractivity contribution < 1.29 is 22.7 Å². The van der Waals surface area contributed by atoms with Crippen LogP contribution in [-0.2, 0) is 21.1 Å². The Bertz CT molecular complexity index is 1210. The number of sulfone groups is 1. The molecule has 0 bridgehead atoms. The van der Waals surface area contributed by atoms with Gasteiger partial charge in [-0.1, -0.05) is 17.8 Å². The maximum Gasteiger partial charge on any atom is 0.252 e. The summed E-state index contributed by atoms with van der Waals surface area (Å²) in [5, 5.41) is 0.408. The van der Waals surface area contributed by atoms with E-state index in [0.29, 0.717) is 16.7 Å². The monoisotopic (exact) mass is 517 g/mol. The standard InChI is InChI=1S/C25H31N3O5S2/c1-5-27(6-2)18-8-10-19(11-9-18)28-20-15-35(30,31)16-23(20)34-25(28)26-24(29)14-17-7-12-21(32-3)22(13-17)33-4/h7-13,20,23H,5-6,14-16H2,1-4H3/t20-,23-/m1/s1. The molecule has 4 rings (SSSR count). The number of aliphatic imine (C=N–C) groups is 1. The number of hydrogen-bond donors (Lipinski definition) is 0. The molecule has 10 heteroatoms. The van der Waals surface area contributed by atoms with E-state index in [9.17, 15) is 13.2 Å². The van der Waals surface area contributed by atoms with Gasteiger partial charge in [-0.25, -0.2) is 8.42 Å². The molecule has 2 heterocycles. The number of anilines is 2. The lowest BCUT2D eigenvalue weighted by Crippen LogP contribution is -2.37. The van der Waals surface area contributed by atoms with Gasteiger partial charge in [0.25, 0.3) is 5.91 Å². The van der Waals surface area contributed by atoms with Crippen LogP contribution in [0.25, 0.3) is 0 Å². The summed E-state index contributed by atoms with van der Waals surface area (Å²) in [7, 11) is -0.0148. The van der Waals surface area contributed by atoms with Crippen molar-refractivity contribution in [3.05, 3.63) is 48.0 Å². The van der Waals surface area contributed by atoms with Gasteiger partial charge in [0.15, 0.2) is 26.5 Å². The second-order valence-corrected chi connectivity index (χ2v) is 11.9. The lowest BCUT2D eigenvalue weighted by molar-refractivity contribution is -0.117. The van der Waals surface area contributed by atoms with Crippen LogP contribution in [0.2, 0.25) is 0 Å². The fraction of sp³-hybridized carbons (Fsp3) is 0.440. The molecule has 188 valence electrons. The van der Waals surface area contributed by atoms with E-state index in [1.165, 1.54) is 11.8 Å². The minimum absolute atomic E-state index is 0.0609. The van der Waals surface area contributed by atoms with E-state index in [1.807, 2.05) is 35.2 Å². The molecule has 0 N–H and O–H groups in total. The lowest BCUT2D eigenvalue weighted by Gasteiger charge is -2.26. The van der Waals surface area contributed by atoms with Gasteiger partial charge < -0.3 is 19.3 Å². The van der Waals surface area contributed by atoms with Crippen LogP contribution < -0.4 is 19.3 Å². The Kier molecular flexibility index (Phi) is 7.61. The summed E-state index contributed by atoms with van der Waals surface area (Å²) in [6.07, 6.45) is 0.104. The van der Waals surface area contributed by atoms with Crippen molar-refractivity contribution in [1.29, 1.82) is 0 Å². The van der Waals surface area contributed by atoms with Crippen LogP contribution in [0.4, 0.5) is 11.4 Å². The fourth-order valence-corrected chi connectivity index (χ4v) is 8.52. The quantitative estimate of drug-likeness (QED) is 0.527. The van der Waals surface area contributed by atoms with E-state index >= 15 is 0 Å². The van der Waals surface area contributed by atoms with Crippen molar-refractivity contribution in [3.63, 3.8) is 0 Å². The minimum atomic E-state index is -3.13. The molecule has 0 spiro atoms. The van der Waals surface area contributed by atoms with Gasteiger partial charge in [-0.3, -0.25) is 4.79 Å². The van der Waals surface area contributed by atoms with Gasteiger partial charge in [-0.2, -0.15) is 4.99 Å². The number of fused-ring (bicyclic) bond motifs is 1. The molecule has 2 saturated heterocycles. The Morgan fingerprint density at radius 1 is 1.06 bits per heavy atom. The number of benzene rings is 2. The van der Waals surface area contributed by atoms with Gasteiger partial charge in [0, 0.05) is 29.7 Å². The zero-order chi connectivity index (χ0) is 25.2. The summed E-state index contributed by atoms with van der Waals surface area (Å²) in [5.41, 5.74) is 2.71. The summed E-state index contributed by atoms with van der Waals surface area (Å²) in [4.78, 5) is 21.6. The minimum Gasteiger partial charge on any atom is -0.493 e. The number of carbonyl (C=O) groups excluding carboxylic acids is 1. The number of rotatable bonds is 8. The lowest BCUT2D eigenvalue weighted by atomic mass is 10.1. The SMILES string of the molecule is CCN(CC)c1ccc(N2C(=NC(=O)Cc3ccc(OC)c(OC)c3)S[C@@H]3CS(=O)(=O)C[C@H]32)cc1. The number of hydrogen-bond acceptors (Lipinski definition) is 7. The highest BCUT2D eigenvalue weighted by Gasteiger charge is 2.49. The van der Waals surface area contributed by atoms with Crippen LogP contribution in [0.3, 0.4) is 0 Å². The Balaban J connectivity index is 1.61. The molecular weight excluding hydrogens is 486 g/mol. The second kappa shape index (κ2) is 10.5. The predicted octanol–water partition coefficient (Wildman–Crippen LogP) is 3.39. The summed E-state index contributed by atoms with van der Waals surface area (Å²) in [5.74, 6) is 1.00.